The Hall–Kier alpha value is -1.68. The molecule has 8 nitrogen and oxygen atoms in total. The topological polar surface area (TPSA) is 90.0 Å². The zero-order valence-electron chi connectivity index (χ0n) is 16.6. The maximum atomic E-state index is 13.0. The van der Waals surface area contributed by atoms with Gasteiger partial charge in [0.2, 0.25) is 22.3 Å². The van der Waals surface area contributed by atoms with Gasteiger partial charge < -0.3 is 14.7 Å². The SMILES string of the molecule is CNS(=O)(=O)c1ccc(CC(=O)N2CCN(C=O)CC2CN2CCCC2)cc1.Cl. The Morgan fingerprint density at radius 3 is 2.38 bits per heavy atom. The lowest BCUT2D eigenvalue weighted by Crippen LogP contribution is -2.58. The van der Waals surface area contributed by atoms with Gasteiger partial charge in [0.15, 0.2) is 0 Å². The number of halogens is 1. The molecule has 0 bridgehead atoms. The molecular weight excluding hydrogens is 416 g/mol. The van der Waals surface area contributed by atoms with E-state index < -0.39 is 10.0 Å². The van der Waals surface area contributed by atoms with Gasteiger partial charge in [0.25, 0.3) is 0 Å². The lowest BCUT2D eigenvalue weighted by Gasteiger charge is -2.41. The predicted molar refractivity (Wildman–Crippen MR) is 112 cm³/mol. The monoisotopic (exact) mass is 444 g/mol. The van der Waals surface area contributed by atoms with E-state index >= 15 is 0 Å². The van der Waals surface area contributed by atoms with Crippen LogP contribution in [0.4, 0.5) is 0 Å². The molecule has 10 heteroatoms. The summed E-state index contributed by atoms with van der Waals surface area (Å²) in [5.41, 5.74) is 0.776. The fourth-order valence-corrected chi connectivity index (χ4v) is 4.63. The molecule has 1 unspecified atom stereocenters. The minimum absolute atomic E-state index is 0. The van der Waals surface area contributed by atoms with Crippen molar-refractivity contribution in [1.82, 2.24) is 19.4 Å². The number of rotatable bonds is 7. The van der Waals surface area contributed by atoms with Crippen molar-refractivity contribution >= 4 is 34.7 Å². The van der Waals surface area contributed by atoms with Crippen LogP contribution >= 0.6 is 12.4 Å². The molecule has 0 spiro atoms. The highest BCUT2D eigenvalue weighted by Gasteiger charge is 2.31. The first-order chi connectivity index (χ1) is 13.4. The van der Waals surface area contributed by atoms with Crippen molar-refractivity contribution in [1.29, 1.82) is 0 Å². The quantitative estimate of drug-likeness (QED) is 0.612. The van der Waals surface area contributed by atoms with Crippen LogP contribution in [0.5, 0.6) is 0 Å². The minimum Gasteiger partial charge on any atom is -0.341 e. The first kappa shape index (κ1) is 23.6. The van der Waals surface area contributed by atoms with Gasteiger partial charge in [0, 0.05) is 26.2 Å². The summed E-state index contributed by atoms with van der Waals surface area (Å²) in [6.07, 6.45) is 3.44. The maximum absolute atomic E-state index is 13.0. The molecule has 2 aliphatic rings. The Morgan fingerprint density at radius 2 is 1.79 bits per heavy atom. The standard InChI is InChI=1S/C19H28N4O4S.ClH/c1-20-28(26,27)18-6-4-16(5-7-18)12-19(25)23-11-10-22(15-24)14-17(23)13-21-8-2-3-9-21;/h4-7,15,17,20H,2-3,8-14H2,1H3;1H. The smallest absolute Gasteiger partial charge is 0.240 e. The zero-order chi connectivity index (χ0) is 20.1. The first-order valence-corrected chi connectivity index (χ1v) is 11.1. The van der Waals surface area contributed by atoms with E-state index in [0.717, 1.165) is 31.6 Å². The zero-order valence-corrected chi connectivity index (χ0v) is 18.3. The highest BCUT2D eigenvalue weighted by atomic mass is 35.5. The molecule has 1 aromatic rings. The van der Waals surface area contributed by atoms with Gasteiger partial charge in [-0.15, -0.1) is 12.4 Å². The summed E-state index contributed by atoms with van der Waals surface area (Å²) in [7, 11) is -2.12. The average molecular weight is 445 g/mol. The predicted octanol–water partition coefficient (Wildman–Crippen LogP) is 0.324. The van der Waals surface area contributed by atoms with Crippen molar-refractivity contribution in [3.8, 4) is 0 Å². The molecule has 2 heterocycles. The van der Waals surface area contributed by atoms with Crippen molar-refractivity contribution in [2.75, 3.05) is 46.3 Å². The summed E-state index contributed by atoms with van der Waals surface area (Å²) < 4.78 is 25.9. The van der Waals surface area contributed by atoms with E-state index in [4.69, 9.17) is 0 Å². The van der Waals surface area contributed by atoms with Gasteiger partial charge in [0.1, 0.15) is 0 Å². The van der Waals surface area contributed by atoms with Crippen molar-refractivity contribution in [3.05, 3.63) is 29.8 Å². The van der Waals surface area contributed by atoms with Crippen LogP contribution in [0.15, 0.2) is 29.2 Å². The molecular formula is C19H29ClN4O4S. The van der Waals surface area contributed by atoms with Crippen molar-refractivity contribution in [3.63, 3.8) is 0 Å². The number of hydrogen-bond acceptors (Lipinski definition) is 5. The van der Waals surface area contributed by atoms with E-state index in [1.54, 1.807) is 17.0 Å². The minimum atomic E-state index is -3.48. The molecule has 0 saturated carbocycles. The van der Waals surface area contributed by atoms with Gasteiger partial charge >= 0.3 is 0 Å². The van der Waals surface area contributed by atoms with E-state index in [2.05, 4.69) is 9.62 Å². The molecule has 0 aromatic heterocycles. The van der Waals surface area contributed by atoms with Crippen LogP contribution in [0, 0.1) is 0 Å². The normalized spacial score (nSPS) is 20.4. The number of nitrogens with one attached hydrogen (secondary N) is 1. The third kappa shape index (κ3) is 5.91. The third-order valence-corrected chi connectivity index (χ3v) is 6.94. The maximum Gasteiger partial charge on any atom is 0.240 e. The molecule has 2 amide bonds. The number of nitrogens with zero attached hydrogens (tertiary/aromatic N) is 3. The van der Waals surface area contributed by atoms with Crippen LogP contribution < -0.4 is 4.72 Å². The van der Waals surface area contributed by atoms with Gasteiger partial charge in [-0.05, 0) is 50.7 Å². The van der Waals surface area contributed by atoms with Crippen molar-refractivity contribution in [2.45, 2.75) is 30.2 Å². The lowest BCUT2D eigenvalue weighted by atomic mass is 10.1. The first-order valence-electron chi connectivity index (χ1n) is 9.66. The van der Waals surface area contributed by atoms with E-state index in [-0.39, 0.29) is 35.7 Å². The molecule has 1 atom stereocenters. The fraction of sp³-hybridized carbons (Fsp3) is 0.579. The molecule has 2 saturated heterocycles. The molecule has 1 aromatic carbocycles. The number of carbonyl (C=O) groups excluding carboxylic acids is 2. The van der Waals surface area contributed by atoms with Gasteiger partial charge in [-0.3, -0.25) is 9.59 Å². The number of carbonyl (C=O) groups is 2. The van der Waals surface area contributed by atoms with E-state index in [1.807, 2.05) is 4.90 Å². The Kier molecular flexibility index (Phi) is 8.45. The summed E-state index contributed by atoms with van der Waals surface area (Å²) in [5.74, 6) is 0.0129. The third-order valence-electron chi connectivity index (χ3n) is 5.51. The fourth-order valence-electron chi connectivity index (χ4n) is 3.90. The highest BCUT2D eigenvalue weighted by Crippen LogP contribution is 2.17. The summed E-state index contributed by atoms with van der Waals surface area (Å²) in [6, 6.07) is 6.38. The van der Waals surface area contributed by atoms with Crippen LogP contribution in [0.25, 0.3) is 0 Å². The molecule has 0 radical (unpaired) electrons. The van der Waals surface area contributed by atoms with Crippen LogP contribution in [0.2, 0.25) is 0 Å². The Bertz CT molecular complexity index is 797. The number of likely N-dealkylation sites (tertiary alicyclic amines) is 1. The second kappa shape index (κ2) is 10.4. The number of hydrogen-bond donors (Lipinski definition) is 1. The highest BCUT2D eigenvalue weighted by molar-refractivity contribution is 7.89. The summed E-state index contributed by atoms with van der Waals surface area (Å²) >= 11 is 0. The molecule has 29 heavy (non-hydrogen) atoms. The van der Waals surface area contributed by atoms with Crippen LogP contribution in [0.3, 0.4) is 0 Å². The number of amides is 2. The Morgan fingerprint density at radius 1 is 1.14 bits per heavy atom. The molecule has 3 rings (SSSR count). The van der Waals surface area contributed by atoms with Gasteiger partial charge in [0.05, 0.1) is 17.4 Å². The number of piperazine rings is 1. The van der Waals surface area contributed by atoms with E-state index in [9.17, 15) is 18.0 Å². The summed E-state index contributed by atoms with van der Waals surface area (Å²) in [6.45, 7) is 4.51. The Labute approximate surface area is 178 Å². The molecule has 2 aliphatic heterocycles. The molecule has 0 aliphatic carbocycles. The summed E-state index contributed by atoms with van der Waals surface area (Å²) in [5, 5.41) is 0. The molecule has 1 N–H and O–H groups in total. The van der Waals surface area contributed by atoms with Crippen molar-refractivity contribution in [2.24, 2.45) is 0 Å². The van der Waals surface area contributed by atoms with Crippen LogP contribution in [-0.2, 0) is 26.0 Å². The number of sulfonamides is 1. The van der Waals surface area contributed by atoms with Gasteiger partial charge in [-0.2, -0.15) is 0 Å². The molecule has 2 fully saturated rings. The van der Waals surface area contributed by atoms with Crippen LogP contribution in [0.1, 0.15) is 18.4 Å². The summed E-state index contributed by atoms with van der Waals surface area (Å²) in [4.78, 5) is 30.3. The van der Waals surface area contributed by atoms with Gasteiger partial charge in [-0.1, -0.05) is 12.1 Å². The molecule has 162 valence electrons. The number of benzene rings is 1. The largest absolute Gasteiger partial charge is 0.341 e. The van der Waals surface area contributed by atoms with Crippen LogP contribution in [-0.4, -0.2) is 87.8 Å². The van der Waals surface area contributed by atoms with Crippen molar-refractivity contribution < 1.29 is 18.0 Å². The lowest BCUT2D eigenvalue weighted by molar-refractivity contribution is -0.138. The Balaban J connectivity index is 0.00000300. The second-order valence-corrected chi connectivity index (χ2v) is 9.26. The van der Waals surface area contributed by atoms with E-state index in [1.165, 1.54) is 32.0 Å². The average Bonchev–Trinajstić information content (AvgIpc) is 3.21. The second-order valence-electron chi connectivity index (χ2n) is 7.38. The van der Waals surface area contributed by atoms with E-state index in [0.29, 0.717) is 19.6 Å². The van der Waals surface area contributed by atoms with Gasteiger partial charge in [-0.25, -0.2) is 13.1 Å².